The average Bonchev–Trinajstić information content (AvgIpc) is 2.48. The summed E-state index contributed by atoms with van der Waals surface area (Å²) in [6.45, 7) is 6.80. The molecule has 106 valence electrons. The van der Waals surface area contributed by atoms with Crippen LogP contribution < -0.4 is 10.5 Å². The molecular formula is C16H21N3O. The van der Waals surface area contributed by atoms with Crippen molar-refractivity contribution in [1.82, 2.24) is 9.97 Å². The number of rotatable bonds is 5. The largest absolute Gasteiger partial charge is 0.494 e. The highest BCUT2D eigenvalue weighted by atomic mass is 16.5. The second-order valence-corrected chi connectivity index (χ2v) is 4.73. The number of hydrogen-bond donors (Lipinski definition) is 1. The lowest BCUT2D eigenvalue weighted by molar-refractivity contribution is 0.317. The highest BCUT2D eigenvalue weighted by Crippen LogP contribution is 2.26. The van der Waals surface area contributed by atoms with Gasteiger partial charge in [-0.1, -0.05) is 13.8 Å². The summed E-state index contributed by atoms with van der Waals surface area (Å²) in [7, 11) is 0. The first kappa shape index (κ1) is 14.3. The number of aryl methyl sites for hydroxylation is 1. The first-order valence-electron chi connectivity index (χ1n) is 7.02. The Balaban J connectivity index is 2.33. The lowest BCUT2D eigenvalue weighted by atomic mass is 10.1. The first-order valence-corrected chi connectivity index (χ1v) is 7.02. The van der Waals surface area contributed by atoms with E-state index in [1.807, 2.05) is 38.1 Å². The molecule has 4 nitrogen and oxygen atoms in total. The van der Waals surface area contributed by atoms with Crippen molar-refractivity contribution in [3.8, 4) is 17.0 Å². The number of nitrogen functional groups attached to an aromatic ring is 1. The summed E-state index contributed by atoms with van der Waals surface area (Å²) in [6.07, 6.45) is 1.78. The van der Waals surface area contributed by atoms with Gasteiger partial charge in [-0.3, -0.25) is 0 Å². The maximum Gasteiger partial charge on any atom is 0.131 e. The smallest absolute Gasteiger partial charge is 0.131 e. The van der Waals surface area contributed by atoms with E-state index >= 15 is 0 Å². The molecule has 0 atom stereocenters. The Kier molecular flexibility index (Phi) is 4.56. The molecule has 0 amide bonds. The summed E-state index contributed by atoms with van der Waals surface area (Å²) in [5.41, 5.74) is 8.81. The molecule has 2 N–H and O–H groups in total. The molecule has 1 aromatic carbocycles. The van der Waals surface area contributed by atoms with Crippen molar-refractivity contribution in [2.45, 2.75) is 33.6 Å². The van der Waals surface area contributed by atoms with Crippen molar-refractivity contribution < 1.29 is 4.74 Å². The number of anilines is 1. The third-order valence-electron chi connectivity index (χ3n) is 3.15. The summed E-state index contributed by atoms with van der Waals surface area (Å²) in [5, 5.41) is 0. The van der Waals surface area contributed by atoms with Crippen LogP contribution in [0.4, 0.5) is 5.82 Å². The molecule has 2 rings (SSSR count). The van der Waals surface area contributed by atoms with E-state index in [0.717, 1.165) is 47.8 Å². The monoisotopic (exact) mass is 271 g/mol. The molecule has 0 fully saturated rings. The van der Waals surface area contributed by atoms with E-state index < -0.39 is 0 Å². The summed E-state index contributed by atoms with van der Waals surface area (Å²) in [6, 6.07) is 7.96. The van der Waals surface area contributed by atoms with Crippen LogP contribution in [0.15, 0.2) is 24.3 Å². The quantitative estimate of drug-likeness (QED) is 0.905. The average molecular weight is 271 g/mol. The van der Waals surface area contributed by atoms with Gasteiger partial charge in [0.25, 0.3) is 0 Å². The third kappa shape index (κ3) is 3.07. The molecule has 0 aliphatic carbocycles. The fourth-order valence-corrected chi connectivity index (χ4v) is 1.95. The molecule has 0 aliphatic heterocycles. The van der Waals surface area contributed by atoms with E-state index in [1.54, 1.807) is 0 Å². The van der Waals surface area contributed by atoms with Crippen LogP contribution in [0.25, 0.3) is 11.3 Å². The van der Waals surface area contributed by atoms with Gasteiger partial charge >= 0.3 is 0 Å². The van der Waals surface area contributed by atoms with Gasteiger partial charge in [0.2, 0.25) is 0 Å². The molecule has 0 aliphatic rings. The van der Waals surface area contributed by atoms with Crippen molar-refractivity contribution >= 4 is 5.82 Å². The van der Waals surface area contributed by atoms with Crippen LogP contribution in [0.1, 0.15) is 31.7 Å². The molecule has 0 unspecified atom stereocenters. The molecule has 0 spiro atoms. The first-order chi connectivity index (χ1) is 9.65. The number of benzene rings is 1. The van der Waals surface area contributed by atoms with Crippen molar-refractivity contribution in [3.05, 3.63) is 35.7 Å². The van der Waals surface area contributed by atoms with Gasteiger partial charge in [0.15, 0.2) is 0 Å². The molecular weight excluding hydrogens is 250 g/mol. The van der Waals surface area contributed by atoms with E-state index in [2.05, 4.69) is 16.9 Å². The highest BCUT2D eigenvalue weighted by Gasteiger charge is 2.10. The molecule has 2 aromatic rings. The molecule has 0 saturated carbocycles. The number of nitrogens with zero attached hydrogens (tertiary/aromatic N) is 2. The Morgan fingerprint density at radius 2 is 1.80 bits per heavy atom. The zero-order valence-corrected chi connectivity index (χ0v) is 12.3. The van der Waals surface area contributed by atoms with Gasteiger partial charge in [0.1, 0.15) is 17.4 Å². The van der Waals surface area contributed by atoms with Gasteiger partial charge in [-0.25, -0.2) is 9.97 Å². The second kappa shape index (κ2) is 6.37. The van der Waals surface area contributed by atoms with Crippen LogP contribution in [0.2, 0.25) is 0 Å². The van der Waals surface area contributed by atoms with Crippen LogP contribution in [0, 0.1) is 6.92 Å². The number of nitrogens with two attached hydrogens (primary N) is 1. The summed E-state index contributed by atoms with van der Waals surface area (Å²) >= 11 is 0. The second-order valence-electron chi connectivity index (χ2n) is 4.73. The molecule has 4 heteroatoms. The Morgan fingerprint density at radius 3 is 2.40 bits per heavy atom. The van der Waals surface area contributed by atoms with Gasteiger partial charge < -0.3 is 10.5 Å². The Hall–Kier alpha value is -2.10. The minimum Gasteiger partial charge on any atom is -0.494 e. The molecule has 1 aromatic heterocycles. The SMILES string of the molecule is CCCOc1ccc(-c2nc(CC)nc(N)c2C)cc1. The lowest BCUT2D eigenvalue weighted by Gasteiger charge is -2.10. The number of aromatic nitrogens is 2. The number of hydrogen-bond acceptors (Lipinski definition) is 4. The predicted octanol–water partition coefficient (Wildman–Crippen LogP) is 3.39. The van der Waals surface area contributed by atoms with E-state index in [4.69, 9.17) is 10.5 Å². The zero-order valence-electron chi connectivity index (χ0n) is 12.3. The predicted molar refractivity (Wildman–Crippen MR) is 81.8 cm³/mol. The van der Waals surface area contributed by atoms with E-state index in [-0.39, 0.29) is 0 Å². The van der Waals surface area contributed by atoms with Crippen molar-refractivity contribution in [2.75, 3.05) is 12.3 Å². The zero-order chi connectivity index (χ0) is 14.5. The topological polar surface area (TPSA) is 61.0 Å². The standard InChI is InChI=1S/C16H21N3O/c1-4-10-20-13-8-6-12(7-9-13)15-11(3)16(17)19-14(5-2)18-15/h6-9H,4-5,10H2,1-3H3,(H2,17,18,19). The Morgan fingerprint density at radius 1 is 1.10 bits per heavy atom. The molecule has 20 heavy (non-hydrogen) atoms. The maximum atomic E-state index is 5.95. The molecule has 0 radical (unpaired) electrons. The van der Waals surface area contributed by atoms with Gasteiger partial charge in [-0.2, -0.15) is 0 Å². The third-order valence-corrected chi connectivity index (χ3v) is 3.15. The van der Waals surface area contributed by atoms with Crippen LogP contribution in [-0.2, 0) is 6.42 Å². The van der Waals surface area contributed by atoms with Crippen LogP contribution >= 0.6 is 0 Å². The van der Waals surface area contributed by atoms with E-state index in [9.17, 15) is 0 Å². The Bertz CT molecular complexity index is 579. The van der Waals surface area contributed by atoms with Crippen LogP contribution in [-0.4, -0.2) is 16.6 Å². The van der Waals surface area contributed by atoms with E-state index in [0.29, 0.717) is 5.82 Å². The minimum atomic E-state index is 0.554. The van der Waals surface area contributed by atoms with Gasteiger partial charge in [-0.15, -0.1) is 0 Å². The van der Waals surface area contributed by atoms with E-state index in [1.165, 1.54) is 0 Å². The highest BCUT2D eigenvalue weighted by molar-refractivity contribution is 5.67. The fraction of sp³-hybridized carbons (Fsp3) is 0.375. The molecule has 0 bridgehead atoms. The summed E-state index contributed by atoms with van der Waals surface area (Å²) in [5.74, 6) is 2.21. The Labute approximate surface area is 120 Å². The van der Waals surface area contributed by atoms with Gasteiger partial charge in [0.05, 0.1) is 12.3 Å². The van der Waals surface area contributed by atoms with Gasteiger partial charge in [0, 0.05) is 17.5 Å². The maximum absolute atomic E-state index is 5.95. The normalized spacial score (nSPS) is 10.6. The summed E-state index contributed by atoms with van der Waals surface area (Å²) in [4.78, 5) is 8.86. The van der Waals surface area contributed by atoms with Crippen molar-refractivity contribution in [1.29, 1.82) is 0 Å². The number of ether oxygens (including phenoxy) is 1. The lowest BCUT2D eigenvalue weighted by Crippen LogP contribution is -2.04. The van der Waals surface area contributed by atoms with Crippen LogP contribution in [0.5, 0.6) is 5.75 Å². The minimum absolute atomic E-state index is 0.554. The van der Waals surface area contributed by atoms with Crippen molar-refractivity contribution in [2.24, 2.45) is 0 Å². The van der Waals surface area contributed by atoms with Gasteiger partial charge in [-0.05, 0) is 37.6 Å². The summed E-state index contributed by atoms with van der Waals surface area (Å²) < 4.78 is 5.59. The van der Waals surface area contributed by atoms with Crippen LogP contribution in [0.3, 0.4) is 0 Å². The molecule has 1 heterocycles. The van der Waals surface area contributed by atoms with Crippen molar-refractivity contribution in [3.63, 3.8) is 0 Å². The fourth-order valence-electron chi connectivity index (χ4n) is 1.95. The molecule has 0 saturated heterocycles.